The molecular weight excluding hydrogens is 542 g/mol. The van der Waals surface area contributed by atoms with Gasteiger partial charge in [0.05, 0.1) is 16.6 Å². The first-order valence-corrected chi connectivity index (χ1v) is 13.1. The van der Waals surface area contributed by atoms with Gasteiger partial charge in [0.1, 0.15) is 17.8 Å². The minimum Gasteiger partial charge on any atom is -0.356 e. The van der Waals surface area contributed by atoms with E-state index in [0.29, 0.717) is 13.0 Å². The van der Waals surface area contributed by atoms with Crippen LogP contribution in [0.25, 0.3) is 10.9 Å². The van der Waals surface area contributed by atoms with Crippen LogP contribution in [0.1, 0.15) is 54.6 Å². The molecule has 1 saturated carbocycles. The quantitative estimate of drug-likeness (QED) is 0.454. The Morgan fingerprint density at radius 2 is 2.05 bits per heavy atom. The number of hydrogen-bond acceptors (Lipinski definition) is 4. The smallest absolute Gasteiger partial charge is 0.271 e. The van der Waals surface area contributed by atoms with Crippen LogP contribution in [-0.4, -0.2) is 58.7 Å². The highest BCUT2D eigenvalue weighted by Crippen LogP contribution is 2.50. The Morgan fingerprint density at radius 1 is 1.28 bits per heavy atom. The number of aromatic nitrogens is 1. The third-order valence-electron chi connectivity index (χ3n) is 8.04. The van der Waals surface area contributed by atoms with Crippen molar-refractivity contribution < 1.29 is 31.9 Å². The zero-order valence-corrected chi connectivity index (χ0v) is 21.4. The zero-order chi connectivity index (χ0) is 28.1. The molecule has 0 bridgehead atoms. The van der Waals surface area contributed by atoms with E-state index in [1.165, 1.54) is 17.0 Å². The van der Waals surface area contributed by atoms with Crippen molar-refractivity contribution in [2.24, 2.45) is 17.8 Å². The number of benzene rings is 1. The standard InChI is InChI=1S/C26H26ClF4N5O3/c27-18-4-3-15(22(28)29)16-7-19(35-20(16)18)25(39)36-11-13-8-26(30,31)9-17(13)21(36)24(38)34-14(10-32)6-12-2-1-5-33-23(12)37/h3-4,7,12-14,17,21-22,35H,1-2,5-6,8-9,11H2,(H,33,37)(H,34,38)/t12-,13-,14+,17-,21+/m0/s1. The van der Waals surface area contributed by atoms with Crippen molar-refractivity contribution >= 4 is 40.2 Å². The molecule has 1 aromatic heterocycles. The average molecular weight is 568 g/mol. The lowest BCUT2D eigenvalue weighted by Gasteiger charge is -2.29. The van der Waals surface area contributed by atoms with Gasteiger partial charge in [0.25, 0.3) is 12.3 Å². The first-order chi connectivity index (χ1) is 18.5. The number of likely N-dealkylation sites (tertiary alicyclic amines) is 1. The van der Waals surface area contributed by atoms with E-state index in [9.17, 15) is 37.2 Å². The van der Waals surface area contributed by atoms with Crippen LogP contribution in [0.15, 0.2) is 18.2 Å². The number of alkyl halides is 4. The van der Waals surface area contributed by atoms with Crippen LogP contribution in [0, 0.1) is 29.1 Å². The molecule has 208 valence electrons. The molecule has 3 fully saturated rings. The highest BCUT2D eigenvalue weighted by Gasteiger charge is 2.58. The number of halogens is 5. The van der Waals surface area contributed by atoms with Crippen LogP contribution in [0.5, 0.6) is 0 Å². The molecule has 39 heavy (non-hydrogen) atoms. The summed E-state index contributed by atoms with van der Waals surface area (Å²) in [6.07, 6.45) is -2.60. The molecule has 0 unspecified atom stereocenters. The van der Waals surface area contributed by atoms with E-state index in [1.807, 2.05) is 6.07 Å². The number of aromatic amines is 1. The molecule has 5 rings (SSSR count). The molecule has 0 radical (unpaired) electrons. The summed E-state index contributed by atoms with van der Waals surface area (Å²) in [5, 5.41) is 15.1. The highest BCUT2D eigenvalue weighted by molar-refractivity contribution is 6.35. The maximum absolute atomic E-state index is 14.3. The van der Waals surface area contributed by atoms with Crippen LogP contribution >= 0.6 is 11.6 Å². The summed E-state index contributed by atoms with van der Waals surface area (Å²) in [6, 6.07) is 3.26. The molecule has 3 amide bonds. The number of amides is 3. The number of nitriles is 1. The third kappa shape index (κ3) is 5.16. The van der Waals surface area contributed by atoms with E-state index in [2.05, 4.69) is 15.6 Å². The minimum absolute atomic E-state index is 0.0445. The molecule has 13 heteroatoms. The predicted molar refractivity (Wildman–Crippen MR) is 132 cm³/mol. The zero-order valence-electron chi connectivity index (χ0n) is 20.7. The molecule has 2 aliphatic heterocycles. The maximum Gasteiger partial charge on any atom is 0.271 e. The van der Waals surface area contributed by atoms with E-state index in [-0.39, 0.29) is 46.1 Å². The summed E-state index contributed by atoms with van der Waals surface area (Å²) in [4.78, 5) is 43.2. The summed E-state index contributed by atoms with van der Waals surface area (Å²) < 4.78 is 55.7. The van der Waals surface area contributed by atoms with Gasteiger partial charge in [0, 0.05) is 42.8 Å². The van der Waals surface area contributed by atoms with Crippen LogP contribution in [-0.2, 0) is 9.59 Å². The van der Waals surface area contributed by atoms with Gasteiger partial charge in [-0.25, -0.2) is 17.6 Å². The minimum atomic E-state index is -3.00. The van der Waals surface area contributed by atoms with E-state index >= 15 is 0 Å². The van der Waals surface area contributed by atoms with Crippen LogP contribution in [0.2, 0.25) is 5.02 Å². The lowest BCUT2D eigenvalue weighted by molar-refractivity contribution is -0.129. The Hall–Kier alpha value is -3.33. The molecule has 2 aromatic rings. The van der Waals surface area contributed by atoms with Gasteiger partial charge < -0.3 is 20.5 Å². The van der Waals surface area contributed by atoms with Crippen molar-refractivity contribution in [2.75, 3.05) is 13.1 Å². The number of nitrogens with zero attached hydrogens (tertiary/aromatic N) is 2. The number of rotatable bonds is 6. The summed E-state index contributed by atoms with van der Waals surface area (Å²) in [7, 11) is 0. The van der Waals surface area contributed by atoms with Crippen molar-refractivity contribution in [1.82, 2.24) is 20.5 Å². The second-order valence-corrected chi connectivity index (χ2v) is 11.0. The average Bonchev–Trinajstić information content (AvgIpc) is 3.54. The number of hydrogen-bond donors (Lipinski definition) is 3. The molecule has 1 aromatic carbocycles. The second-order valence-electron chi connectivity index (χ2n) is 10.6. The van der Waals surface area contributed by atoms with Gasteiger partial charge in [-0.15, -0.1) is 0 Å². The van der Waals surface area contributed by atoms with Gasteiger partial charge in [-0.1, -0.05) is 17.7 Å². The lowest BCUT2D eigenvalue weighted by Crippen LogP contribution is -2.52. The monoisotopic (exact) mass is 567 g/mol. The summed E-state index contributed by atoms with van der Waals surface area (Å²) in [5.41, 5.74) is -0.319. The van der Waals surface area contributed by atoms with Crippen molar-refractivity contribution in [3.05, 3.63) is 34.5 Å². The largest absolute Gasteiger partial charge is 0.356 e. The fourth-order valence-corrected chi connectivity index (χ4v) is 6.47. The number of carbonyl (C=O) groups excluding carboxylic acids is 3. The Labute approximate surface area is 226 Å². The molecule has 5 atom stereocenters. The van der Waals surface area contributed by atoms with E-state index in [1.54, 1.807) is 0 Å². The molecule has 2 saturated heterocycles. The molecule has 3 N–H and O–H groups in total. The van der Waals surface area contributed by atoms with E-state index < -0.39 is 66.8 Å². The second kappa shape index (κ2) is 10.3. The third-order valence-corrected chi connectivity index (χ3v) is 8.35. The van der Waals surface area contributed by atoms with Crippen molar-refractivity contribution in [3.63, 3.8) is 0 Å². The lowest BCUT2D eigenvalue weighted by atomic mass is 9.90. The van der Waals surface area contributed by atoms with Gasteiger partial charge in [0.15, 0.2) is 0 Å². The number of carbonyl (C=O) groups is 3. The fraction of sp³-hybridized carbons (Fsp3) is 0.538. The Bertz CT molecular complexity index is 1360. The molecule has 3 aliphatic rings. The number of fused-ring (bicyclic) bond motifs is 2. The van der Waals surface area contributed by atoms with E-state index in [4.69, 9.17) is 11.6 Å². The SMILES string of the molecule is N#C[C@@H](C[C@@H]1CCCNC1=O)NC(=O)[C@H]1[C@H]2CC(F)(F)C[C@H]2CN1C(=O)c1cc2c(C(F)F)ccc(Cl)c2[nH]1. The van der Waals surface area contributed by atoms with Gasteiger partial charge in [0.2, 0.25) is 17.7 Å². The first-order valence-electron chi connectivity index (χ1n) is 12.7. The van der Waals surface area contributed by atoms with Gasteiger partial charge in [-0.2, -0.15) is 5.26 Å². The van der Waals surface area contributed by atoms with Crippen molar-refractivity contribution in [3.8, 4) is 6.07 Å². The van der Waals surface area contributed by atoms with Gasteiger partial charge >= 0.3 is 0 Å². The molecule has 0 spiro atoms. The molecule has 1 aliphatic carbocycles. The Kier molecular flexibility index (Phi) is 7.22. The first kappa shape index (κ1) is 27.2. The fourth-order valence-electron chi connectivity index (χ4n) is 6.25. The normalized spacial score (nSPS) is 26.8. The number of nitrogens with one attached hydrogen (secondary N) is 3. The topological polar surface area (TPSA) is 118 Å². The maximum atomic E-state index is 14.3. The number of piperidine rings is 1. The summed E-state index contributed by atoms with van der Waals surface area (Å²) >= 11 is 6.16. The highest BCUT2D eigenvalue weighted by atomic mass is 35.5. The van der Waals surface area contributed by atoms with Gasteiger partial charge in [-0.05, 0) is 43.2 Å². The summed E-state index contributed by atoms with van der Waals surface area (Å²) in [6.45, 7) is 0.400. The molecule has 8 nitrogen and oxygen atoms in total. The Morgan fingerprint density at radius 3 is 2.74 bits per heavy atom. The molecular formula is C26H26ClF4N5O3. The van der Waals surface area contributed by atoms with Crippen LogP contribution in [0.4, 0.5) is 17.6 Å². The van der Waals surface area contributed by atoms with Crippen molar-refractivity contribution in [2.45, 2.75) is 56.5 Å². The summed E-state index contributed by atoms with van der Waals surface area (Å²) in [5.74, 6) is -6.70. The molecule has 3 heterocycles. The van der Waals surface area contributed by atoms with Crippen LogP contribution < -0.4 is 10.6 Å². The van der Waals surface area contributed by atoms with Crippen molar-refractivity contribution in [1.29, 1.82) is 5.26 Å². The van der Waals surface area contributed by atoms with Gasteiger partial charge in [-0.3, -0.25) is 14.4 Å². The van der Waals surface area contributed by atoms with E-state index in [0.717, 1.165) is 12.5 Å². The Balaban J connectivity index is 1.42. The predicted octanol–water partition coefficient (Wildman–Crippen LogP) is 4.17. The van der Waals surface area contributed by atoms with Crippen LogP contribution in [0.3, 0.4) is 0 Å². The number of H-pyrrole nitrogens is 1.